The van der Waals surface area contributed by atoms with Gasteiger partial charge in [0.05, 0.1) is 0 Å². The predicted molar refractivity (Wildman–Crippen MR) is 71.1 cm³/mol. The lowest BCUT2D eigenvalue weighted by molar-refractivity contribution is 0.287. The molecule has 0 fully saturated rings. The normalized spacial score (nSPS) is 10.3. The first-order valence-electron chi connectivity index (χ1n) is 5.93. The van der Waals surface area contributed by atoms with E-state index in [0.717, 1.165) is 19.4 Å². The van der Waals surface area contributed by atoms with Crippen LogP contribution in [0.2, 0.25) is 0 Å². The van der Waals surface area contributed by atoms with Gasteiger partial charge in [0.2, 0.25) is 0 Å². The Hall–Kier alpha value is -0.0200. The zero-order valence-corrected chi connectivity index (χ0v) is 11.0. The van der Waals surface area contributed by atoms with E-state index in [1.807, 2.05) is 11.8 Å². The van der Waals surface area contributed by atoms with E-state index in [1.54, 1.807) is 0 Å². The molecule has 0 rings (SSSR count). The van der Waals surface area contributed by atoms with Crippen molar-refractivity contribution in [2.24, 2.45) is 4.99 Å². The maximum absolute atomic E-state index is 8.59. The molecule has 0 atom stereocenters. The highest BCUT2D eigenvalue weighted by atomic mass is 32.2. The molecule has 3 heteroatoms. The van der Waals surface area contributed by atoms with Gasteiger partial charge in [-0.15, -0.1) is 0 Å². The van der Waals surface area contributed by atoms with Crippen LogP contribution in [0, 0.1) is 0 Å². The fourth-order valence-electron chi connectivity index (χ4n) is 1.21. The molecule has 0 unspecified atom stereocenters. The Morgan fingerprint density at radius 2 is 1.67 bits per heavy atom. The number of aliphatic imine (C=N–C) groups is 1. The number of hydrogen-bond acceptors (Lipinski definition) is 3. The summed E-state index contributed by atoms with van der Waals surface area (Å²) in [4.78, 5) is 4.36. The fourth-order valence-corrected chi connectivity index (χ4v) is 2.23. The zero-order chi connectivity index (χ0) is 11.4. The van der Waals surface area contributed by atoms with Crippen LogP contribution in [0.5, 0.6) is 0 Å². The second-order valence-corrected chi connectivity index (χ2v) is 5.16. The molecule has 0 aliphatic rings. The summed E-state index contributed by atoms with van der Waals surface area (Å²) in [7, 11) is 0. The van der Waals surface area contributed by atoms with E-state index in [0.29, 0.717) is 6.61 Å². The topological polar surface area (TPSA) is 32.6 Å². The standard InChI is InChI=1S/C12H25NOS/c1-12(2)13-8-4-3-6-10-15-11-7-5-9-14/h14H,3-11H2,1-2H3. The molecule has 0 amide bonds. The van der Waals surface area contributed by atoms with Crippen molar-refractivity contribution in [2.45, 2.75) is 46.0 Å². The summed E-state index contributed by atoms with van der Waals surface area (Å²) in [6.45, 7) is 5.44. The molecular formula is C12H25NOS. The molecule has 0 aromatic rings. The molecule has 0 aromatic carbocycles. The first kappa shape index (κ1) is 15.0. The fraction of sp³-hybridized carbons (Fsp3) is 0.917. The Morgan fingerprint density at radius 3 is 2.27 bits per heavy atom. The average molecular weight is 231 g/mol. The van der Waals surface area contributed by atoms with Gasteiger partial charge >= 0.3 is 0 Å². The lowest BCUT2D eigenvalue weighted by Crippen LogP contribution is -1.90. The minimum Gasteiger partial charge on any atom is -0.396 e. The summed E-state index contributed by atoms with van der Waals surface area (Å²) >= 11 is 2.01. The van der Waals surface area contributed by atoms with Gasteiger partial charge in [-0.25, -0.2) is 0 Å². The minimum atomic E-state index is 0.342. The molecule has 0 saturated carbocycles. The van der Waals surface area contributed by atoms with Crippen molar-refractivity contribution in [1.29, 1.82) is 0 Å². The zero-order valence-electron chi connectivity index (χ0n) is 10.2. The van der Waals surface area contributed by atoms with Gasteiger partial charge in [0.1, 0.15) is 0 Å². The summed E-state index contributed by atoms with van der Waals surface area (Å²) in [6.07, 6.45) is 5.94. The number of unbranched alkanes of at least 4 members (excludes halogenated alkanes) is 3. The quantitative estimate of drug-likeness (QED) is 0.463. The van der Waals surface area contributed by atoms with Gasteiger partial charge in [0.25, 0.3) is 0 Å². The molecule has 0 saturated heterocycles. The SMILES string of the molecule is CC(C)=NCCCCCSCCCCO. The van der Waals surface area contributed by atoms with Crippen LogP contribution in [0.4, 0.5) is 0 Å². The smallest absolute Gasteiger partial charge is 0.0431 e. The first-order valence-corrected chi connectivity index (χ1v) is 7.09. The van der Waals surface area contributed by atoms with Crippen molar-refractivity contribution in [3.8, 4) is 0 Å². The van der Waals surface area contributed by atoms with Crippen molar-refractivity contribution in [3.63, 3.8) is 0 Å². The Morgan fingerprint density at radius 1 is 1.00 bits per heavy atom. The molecule has 15 heavy (non-hydrogen) atoms. The maximum Gasteiger partial charge on any atom is 0.0431 e. The molecule has 0 radical (unpaired) electrons. The van der Waals surface area contributed by atoms with Gasteiger partial charge in [-0.3, -0.25) is 4.99 Å². The van der Waals surface area contributed by atoms with E-state index in [1.165, 1.54) is 36.5 Å². The monoisotopic (exact) mass is 231 g/mol. The van der Waals surface area contributed by atoms with Crippen LogP contribution >= 0.6 is 11.8 Å². The van der Waals surface area contributed by atoms with Gasteiger partial charge in [-0.05, 0) is 51.0 Å². The first-order chi connectivity index (χ1) is 7.27. The second kappa shape index (κ2) is 12.1. The Kier molecular flexibility index (Phi) is 12.0. The van der Waals surface area contributed by atoms with Crippen molar-refractivity contribution in [3.05, 3.63) is 0 Å². The number of nitrogens with zero attached hydrogens (tertiary/aromatic N) is 1. The number of rotatable bonds is 10. The van der Waals surface area contributed by atoms with E-state index in [4.69, 9.17) is 5.11 Å². The lowest BCUT2D eigenvalue weighted by atomic mass is 10.2. The summed E-state index contributed by atoms with van der Waals surface area (Å²) in [6, 6.07) is 0. The van der Waals surface area contributed by atoms with Gasteiger partial charge < -0.3 is 5.11 Å². The van der Waals surface area contributed by atoms with Gasteiger partial charge in [-0.1, -0.05) is 6.42 Å². The highest BCUT2D eigenvalue weighted by Gasteiger charge is 1.91. The van der Waals surface area contributed by atoms with E-state index in [-0.39, 0.29) is 0 Å². The molecule has 90 valence electrons. The molecule has 0 aromatic heterocycles. The van der Waals surface area contributed by atoms with Gasteiger partial charge in [-0.2, -0.15) is 11.8 Å². The Balaban J connectivity index is 2.96. The average Bonchev–Trinajstić information content (AvgIpc) is 2.20. The molecular weight excluding hydrogens is 206 g/mol. The van der Waals surface area contributed by atoms with Crippen LogP contribution in [0.3, 0.4) is 0 Å². The summed E-state index contributed by atoms with van der Waals surface area (Å²) in [5, 5.41) is 8.59. The van der Waals surface area contributed by atoms with Crippen molar-refractivity contribution >= 4 is 17.5 Å². The van der Waals surface area contributed by atoms with Crippen LogP contribution in [-0.2, 0) is 0 Å². The number of hydrogen-bond donors (Lipinski definition) is 1. The Labute approximate surface area is 98.6 Å². The van der Waals surface area contributed by atoms with Crippen molar-refractivity contribution in [2.75, 3.05) is 24.7 Å². The molecule has 0 bridgehead atoms. The predicted octanol–water partition coefficient (Wildman–Crippen LogP) is 3.14. The number of aliphatic hydroxyl groups is 1. The second-order valence-electron chi connectivity index (χ2n) is 3.93. The minimum absolute atomic E-state index is 0.342. The number of thioether (sulfide) groups is 1. The molecule has 2 nitrogen and oxygen atoms in total. The van der Waals surface area contributed by atoms with E-state index in [9.17, 15) is 0 Å². The third kappa shape index (κ3) is 14.0. The van der Waals surface area contributed by atoms with Gasteiger partial charge in [0.15, 0.2) is 0 Å². The van der Waals surface area contributed by atoms with E-state index < -0.39 is 0 Å². The van der Waals surface area contributed by atoms with Crippen LogP contribution in [0.15, 0.2) is 4.99 Å². The molecule has 0 heterocycles. The molecule has 0 aliphatic heterocycles. The highest BCUT2D eigenvalue weighted by Crippen LogP contribution is 2.08. The van der Waals surface area contributed by atoms with Crippen molar-refractivity contribution < 1.29 is 5.11 Å². The van der Waals surface area contributed by atoms with E-state index >= 15 is 0 Å². The highest BCUT2D eigenvalue weighted by molar-refractivity contribution is 7.99. The Bertz CT molecular complexity index is 156. The summed E-state index contributed by atoms with van der Waals surface area (Å²) in [5.74, 6) is 2.47. The van der Waals surface area contributed by atoms with Crippen LogP contribution in [0.25, 0.3) is 0 Å². The third-order valence-electron chi connectivity index (χ3n) is 2.07. The summed E-state index contributed by atoms with van der Waals surface area (Å²) in [5.41, 5.74) is 1.19. The molecule has 0 aliphatic carbocycles. The van der Waals surface area contributed by atoms with Crippen LogP contribution in [-0.4, -0.2) is 35.5 Å². The van der Waals surface area contributed by atoms with Crippen molar-refractivity contribution in [1.82, 2.24) is 0 Å². The summed E-state index contributed by atoms with van der Waals surface area (Å²) < 4.78 is 0. The number of aliphatic hydroxyl groups excluding tert-OH is 1. The van der Waals surface area contributed by atoms with Gasteiger partial charge in [0, 0.05) is 18.9 Å². The largest absolute Gasteiger partial charge is 0.396 e. The van der Waals surface area contributed by atoms with Crippen LogP contribution < -0.4 is 0 Å². The van der Waals surface area contributed by atoms with Crippen LogP contribution in [0.1, 0.15) is 46.0 Å². The van der Waals surface area contributed by atoms with E-state index in [2.05, 4.69) is 18.8 Å². The third-order valence-corrected chi connectivity index (χ3v) is 3.23. The molecule has 1 N–H and O–H groups in total. The lowest BCUT2D eigenvalue weighted by Gasteiger charge is -2.00. The molecule has 0 spiro atoms. The maximum atomic E-state index is 8.59.